The Morgan fingerprint density at radius 3 is 1.56 bits per heavy atom. The standard InChI is InChI=1S/C41H36N2O4.C17H14N2S3.C17H23NO2/c1-20(2)42-36(44)26-14-10-22-24-12-16-28-35-29(17-13-25(33(24)35)23-11-15-27(37(42)45)34(26)32(22)23)39(47)43(38(28)46)31-19-21(40(3,4)5)9-18-30(31)41(6,7)8;1-10(2)13-7-8-15(21-13)12-6-5-11(14-4-3-9-20-14)16-17(12)19-22-18-16;1-6-18(10-11(2)3)15-9-16-14(7-13(15)5)12(4)8-17(19)20-16/h9-20H,1-8H3;3-10H,1-2H3;7-9,11H,6,10H2,1-5H3. The first-order chi connectivity index (χ1) is 42.3. The van der Waals surface area contributed by atoms with Gasteiger partial charge in [-0.2, -0.15) is 8.75 Å². The van der Waals surface area contributed by atoms with Gasteiger partial charge in [0.25, 0.3) is 23.6 Å². The van der Waals surface area contributed by atoms with Crippen molar-refractivity contribution < 1.29 is 23.6 Å². The summed E-state index contributed by atoms with van der Waals surface area (Å²) in [5.74, 6) is -0.118. The number of nitrogens with zero attached hydrogens (tertiary/aromatic N) is 5. The highest BCUT2D eigenvalue weighted by molar-refractivity contribution is 7.15. The van der Waals surface area contributed by atoms with E-state index in [1.54, 1.807) is 17.4 Å². The summed E-state index contributed by atoms with van der Waals surface area (Å²) >= 11 is 4.89. The lowest BCUT2D eigenvalue weighted by atomic mass is 9.79. The summed E-state index contributed by atoms with van der Waals surface area (Å²) in [6.07, 6.45) is 0. The summed E-state index contributed by atoms with van der Waals surface area (Å²) in [6, 6.07) is 39.6. The number of benzene rings is 8. The van der Waals surface area contributed by atoms with Crippen molar-refractivity contribution in [3.05, 3.63) is 187 Å². The van der Waals surface area contributed by atoms with Gasteiger partial charge in [-0.25, -0.2) is 9.69 Å². The molecule has 0 radical (unpaired) electrons. The Kier molecular flexibility index (Phi) is 15.6. The number of carbonyl (C=O) groups excluding carboxylic acids is 4. The molecule has 0 saturated carbocycles. The molecule has 6 heterocycles. The monoisotopic (exact) mass is 1240 g/mol. The summed E-state index contributed by atoms with van der Waals surface area (Å²) in [5.41, 5.74) is 12.2. The third kappa shape index (κ3) is 10.5. The highest BCUT2D eigenvalue weighted by Crippen LogP contribution is 2.48. The Morgan fingerprint density at radius 2 is 1.09 bits per heavy atom. The number of fused-ring (bicyclic) bond motifs is 4. The van der Waals surface area contributed by atoms with Crippen LogP contribution in [0, 0.1) is 19.8 Å². The maximum atomic E-state index is 14.5. The van der Waals surface area contributed by atoms with Crippen LogP contribution in [0.2, 0.25) is 0 Å². The van der Waals surface area contributed by atoms with E-state index in [9.17, 15) is 24.0 Å². The lowest BCUT2D eigenvalue weighted by molar-refractivity contribution is 0.0563. The number of aryl methyl sites for hydroxylation is 2. The highest BCUT2D eigenvalue weighted by Gasteiger charge is 2.40. The van der Waals surface area contributed by atoms with Gasteiger partial charge >= 0.3 is 5.63 Å². The Bertz CT molecular complexity index is 4800. The fraction of sp³-hybridized carbons (Fsp3) is 0.293. The number of rotatable bonds is 9. The van der Waals surface area contributed by atoms with Crippen LogP contribution in [0.3, 0.4) is 0 Å². The first-order valence-electron chi connectivity index (χ1n) is 30.6. The van der Waals surface area contributed by atoms with Crippen molar-refractivity contribution in [1.82, 2.24) is 13.6 Å². The van der Waals surface area contributed by atoms with E-state index in [4.69, 9.17) is 4.42 Å². The topological polar surface area (TPSA) is 134 Å². The molecular weight excluding hydrogens is 1160 g/mol. The van der Waals surface area contributed by atoms with Gasteiger partial charge in [0.2, 0.25) is 0 Å². The van der Waals surface area contributed by atoms with E-state index >= 15 is 0 Å². The number of hydrogen-bond donors (Lipinski definition) is 0. The van der Waals surface area contributed by atoms with Crippen LogP contribution < -0.4 is 15.4 Å². The predicted octanol–water partition coefficient (Wildman–Crippen LogP) is 19.3. The molecule has 11 nitrogen and oxygen atoms in total. The number of hydrogen-bond acceptors (Lipinski definition) is 12. The zero-order valence-corrected chi connectivity index (χ0v) is 55.6. The molecule has 4 aromatic heterocycles. The number of amides is 4. The molecule has 0 unspecified atom stereocenters. The molecule has 452 valence electrons. The number of anilines is 2. The molecule has 14 heteroatoms. The van der Waals surface area contributed by atoms with Crippen molar-refractivity contribution in [2.45, 2.75) is 127 Å². The van der Waals surface area contributed by atoms with E-state index in [1.807, 2.05) is 92.8 Å². The maximum Gasteiger partial charge on any atom is 0.336 e. The minimum Gasteiger partial charge on any atom is -0.423 e. The van der Waals surface area contributed by atoms with E-state index in [1.165, 1.54) is 52.8 Å². The lowest BCUT2D eigenvalue weighted by Gasteiger charge is -2.34. The van der Waals surface area contributed by atoms with E-state index in [0.717, 1.165) is 84.2 Å². The molecule has 4 amide bonds. The molecular formula is C75H73N5O6S3. The van der Waals surface area contributed by atoms with E-state index in [2.05, 4.69) is 157 Å². The molecule has 0 fully saturated rings. The molecule has 0 bridgehead atoms. The van der Waals surface area contributed by atoms with Crippen molar-refractivity contribution in [2.24, 2.45) is 5.92 Å². The normalized spacial score (nSPS) is 13.6. The predicted molar refractivity (Wildman–Crippen MR) is 371 cm³/mol. The molecule has 0 atom stereocenters. The molecule has 12 aromatic rings. The van der Waals surface area contributed by atoms with Crippen LogP contribution in [0.15, 0.2) is 136 Å². The molecule has 89 heavy (non-hydrogen) atoms. The second-order valence-electron chi connectivity index (χ2n) is 26.7. The Hall–Kier alpha value is -8.43. The minimum atomic E-state index is -0.344. The number of thiophene rings is 2. The second kappa shape index (κ2) is 22.9. The summed E-state index contributed by atoms with van der Waals surface area (Å²) in [4.78, 5) is 76.7. The smallest absolute Gasteiger partial charge is 0.336 e. The zero-order valence-electron chi connectivity index (χ0n) is 53.2. The van der Waals surface area contributed by atoms with Crippen molar-refractivity contribution in [1.29, 1.82) is 0 Å². The van der Waals surface area contributed by atoms with Gasteiger partial charge in [0.15, 0.2) is 0 Å². The third-order valence-electron chi connectivity index (χ3n) is 17.3. The zero-order chi connectivity index (χ0) is 63.4. The molecule has 8 aromatic carbocycles. The molecule has 14 rings (SSSR count). The number of imide groups is 2. The fourth-order valence-corrected chi connectivity index (χ4v) is 15.3. The molecule has 0 spiro atoms. The van der Waals surface area contributed by atoms with Crippen LogP contribution in [0.25, 0.3) is 86.0 Å². The summed E-state index contributed by atoms with van der Waals surface area (Å²) < 4.78 is 14.5. The lowest BCUT2D eigenvalue weighted by Crippen LogP contribution is -2.44. The molecule has 0 N–H and O–H groups in total. The van der Waals surface area contributed by atoms with E-state index in [-0.39, 0.29) is 46.1 Å². The van der Waals surface area contributed by atoms with E-state index < -0.39 is 0 Å². The van der Waals surface area contributed by atoms with Gasteiger partial charge in [-0.3, -0.25) is 24.1 Å². The first-order valence-corrected chi connectivity index (χ1v) is 33.0. The van der Waals surface area contributed by atoms with Gasteiger partial charge in [-0.05, 0) is 172 Å². The van der Waals surface area contributed by atoms with Crippen molar-refractivity contribution in [2.75, 3.05) is 22.9 Å². The van der Waals surface area contributed by atoms with Crippen molar-refractivity contribution in [3.8, 4) is 20.9 Å². The van der Waals surface area contributed by atoms with Gasteiger partial charge in [-0.1, -0.05) is 124 Å². The average molecular weight is 1240 g/mol. The van der Waals surface area contributed by atoms with Gasteiger partial charge < -0.3 is 9.32 Å². The largest absolute Gasteiger partial charge is 0.423 e. The molecule has 0 aliphatic carbocycles. The summed E-state index contributed by atoms with van der Waals surface area (Å²) in [7, 11) is 0. The average Bonchev–Trinajstić information content (AvgIpc) is 1.68. The van der Waals surface area contributed by atoms with Crippen LogP contribution in [-0.2, 0) is 10.8 Å². The summed E-state index contributed by atoms with van der Waals surface area (Å²) in [5, 5.41) is 9.64. The van der Waals surface area contributed by atoms with E-state index in [0.29, 0.717) is 56.1 Å². The third-order valence-corrected chi connectivity index (χ3v) is 20.2. The first kappa shape index (κ1) is 60.8. The van der Waals surface area contributed by atoms with Crippen LogP contribution >= 0.6 is 34.4 Å². The minimum absolute atomic E-state index is 0.178. The molecule has 2 aliphatic heterocycles. The van der Waals surface area contributed by atoms with Gasteiger partial charge in [0.1, 0.15) is 16.6 Å². The molecule has 0 saturated heterocycles. The van der Waals surface area contributed by atoms with Crippen LogP contribution in [0.4, 0.5) is 11.4 Å². The number of aromatic nitrogens is 2. The van der Waals surface area contributed by atoms with Gasteiger partial charge in [0, 0.05) is 101 Å². The maximum absolute atomic E-state index is 14.5. The Labute approximate surface area is 531 Å². The quantitative estimate of drug-likeness (QED) is 0.0599. The highest BCUT2D eigenvalue weighted by atomic mass is 32.1. The van der Waals surface area contributed by atoms with Gasteiger partial charge in [0.05, 0.1) is 17.4 Å². The van der Waals surface area contributed by atoms with Crippen molar-refractivity contribution in [3.63, 3.8) is 0 Å². The Balaban J connectivity index is 0.000000151. The second-order valence-corrected chi connectivity index (χ2v) is 29.3. The SMILES string of the molecule is CC(C)N1C(=O)c2ccc3c4ccc5c6c(ccc(c7ccc(c2c37)C1=O)c64)C(=O)N(c1cc(C(C)(C)C)ccc1C(C)(C)C)C5=O.CC(C)c1ccc(-c2ccc(-c3cccs3)c3nsnc23)s1.CCN(CC(C)C)c1cc2oc(=O)cc(C)c2cc1C. The van der Waals surface area contributed by atoms with Crippen LogP contribution in [0.5, 0.6) is 0 Å². The van der Waals surface area contributed by atoms with Crippen molar-refractivity contribution >= 4 is 134 Å². The molecule has 2 aliphatic rings. The fourth-order valence-electron chi connectivity index (χ4n) is 12.9. The summed E-state index contributed by atoms with van der Waals surface area (Å²) in [6.45, 7) is 33.4. The Morgan fingerprint density at radius 1 is 0.551 bits per heavy atom. The van der Waals surface area contributed by atoms with Crippen LogP contribution in [0.1, 0.15) is 164 Å². The van der Waals surface area contributed by atoms with Gasteiger partial charge in [-0.15, -0.1) is 22.7 Å². The van der Waals surface area contributed by atoms with Crippen LogP contribution in [-0.4, -0.2) is 56.4 Å². The number of carbonyl (C=O) groups is 4.